The molecule has 31 heavy (non-hydrogen) atoms. The highest BCUT2D eigenvalue weighted by Crippen LogP contribution is 2.41. The number of hydrogen-bond donors (Lipinski definition) is 1. The van der Waals surface area contributed by atoms with Gasteiger partial charge in [-0.1, -0.05) is 43.2 Å². The Morgan fingerprint density at radius 2 is 1.84 bits per heavy atom. The molecule has 2 aromatic carbocycles. The van der Waals surface area contributed by atoms with E-state index in [0.717, 1.165) is 36.3 Å². The number of benzene rings is 2. The number of amides is 1. The van der Waals surface area contributed by atoms with Gasteiger partial charge in [0.2, 0.25) is 0 Å². The largest absolute Gasteiger partial charge is 0.370 e. The van der Waals surface area contributed by atoms with Gasteiger partial charge in [-0.15, -0.1) is 0 Å². The highest BCUT2D eigenvalue weighted by atomic mass is 16.5. The molecule has 2 fully saturated rings. The first-order valence-corrected chi connectivity index (χ1v) is 11.3. The van der Waals surface area contributed by atoms with E-state index < -0.39 is 0 Å². The number of nitrogens with zero attached hydrogens (tertiary/aromatic N) is 2. The fourth-order valence-corrected chi connectivity index (χ4v) is 5.15. The monoisotopic (exact) mass is 415 g/mol. The Bertz CT molecular complexity index is 1030. The normalized spacial score (nSPS) is 25.6. The summed E-state index contributed by atoms with van der Waals surface area (Å²) in [6.07, 6.45) is 9.42. The van der Waals surface area contributed by atoms with Crippen LogP contribution in [0.2, 0.25) is 0 Å². The van der Waals surface area contributed by atoms with Crippen LogP contribution < -0.4 is 5.32 Å². The number of hydrogen-bond acceptors (Lipinski definition) is 3. The first-order valence-electron chi connectivity index (χ1n) is 11.3. The molecule has 4 atom stereocenters. The van der Waals surface area contributed by atoms with Gasteiger partial charge in [0.25, 0.3) is 5.91 Å². The highest BCUT2D eigenvalue weighted by molar-refractivity contribution is 5.94. The van der Waals surface area contributed by atoms with Crippen molar-refractivity contribution in [1.29, 1.82) is 0 Å². The molecule has 0 bridgehead atoms. The molecule has 1 saturated heterocycles. The number of carbonyl (C=O) groups excluding carboxylic acids is 1. The lowest BCUT2D eigenvalue weighted by Gasteiger charge is -2.45. The Hall–Kier alpha value is -2.92. The summed E-state index contributed by atoms with van der Waals surface area (Å²) >= 11 is 0. The van der Waals surface area contributed by atoms with Crippen LogP contribution >= 0.6 is 0 Å². The molecule has 0 unspecified atom stereocenters. The summed E-state index contributed by atoms with van der Waals surface area (Å²) in [4.78, 5) is 17.2. The van der Waals surface area contributed by atoms with E-state index in [-0.39, 0.29) is 24.2 Å². The molecule has 1 N–H and O–H groups in total. The van der Waals surface area contributed by atoms with Crippen LogP contribution in [0.4, 0.5) is 0 Å². The van der Waals surface area contributed by atoms with Crippen molar-refractivity contribution in [1.82, 2.24) is 14.9 Å². The van der Waals surface area contributed by atoms with Crippen molar-refractivity contribution < 1.29 is 9.53 Å². The van der Waals surface area contributed by atoms with Crippen molar-refractivity contribution in [3.63, 3.8) is 0 Å². The third kappa shape index (κ3) is 4.15. The van der Waals surface area contributed by atoms with Crippen LogP contribution in [0.1, 0.15) is 60.0 Å². The maximum atomic E-state index is 12.9. The number of rotatable bonds is 4. The van der Waals surface area contributed by atoms with E-state index in [1.54, 1.807) is 0 Å². The maximum Gasteiger partial charge on any atom is 0.251 e. The molecule has 5 heteroatoms. The smallest absolute Gasteiger partial charge is 0.251 e. The summed E-state index contributed by atoms with van der Waals surface area (Å²) in [6.45, 7) is 2.00. The Labute approximate surface area is 183 Å². The van der Waals surface area contributed by atoms with E-state index in [2.05, 4.69) is 39.1 Å². The van der Waals surface area contributed by atoms with Crippen LogP contribution in [-0.2, 0) is 4.74 Å². The minimum atomic E-state index is -0.00152. The van der Waals surface area contributed by atoms with Gasteiger partial charge in [-0.05, 0) is 56.0 Å². The summed E-state index contributed by atoms with van der Waals surface area (Å²) in [7, 11) is 0. The van der Waals surface area contributed by atoms with Crippen molar-refractivity contribution >= 4 is 5.91 Å². The lowest BCUT2D eigenvalue weighted by Crippen LogP contribution is -2.51. The van der Waals surface area contributed by atoms with Crippen molar-refractivity contribution in [2.45, 2.75) is 57.3 Å². The summed E-state index contributed by atoms with van der Waals surface area (Å²) < 4.78 is 8.65. The van der Waals surface area contributed by atoms with Crippen molar-refractivity contribution in [2.75, 3.05) is 0 Å². The predicted molar refractivity (Wildman–Crippen MR) is 120 cm³/mol. The van der Waals surface area contributed by atoms with Gasteiger partial charge in [0.05, 0.1) is 12.2 Å². The van der Waals surface area contributed by atoms with Gasteiger partial charge in [-0.3, -0.25) is 4.79 Å². The molecule has 0 radical (unpaired) electrons. The van der Waals surface area contributed by atoms with Gasteiger partial charge < -0.3 is 14.6 Å². The second kappa shape index (κ2) is 8.67. The first kappa shape index (κ1) is 20.0. The van der Waals surface area contributed by atoms with Crippen LogP contribution in [0, 0.1) is 12.8 Å². The van der Waals surface area contributed by atoms with E-state index in [1.807, 2.05) is 49.6 Å². The van der Waals surface area contributed by atoms with Crippen molar-refractivity contribution in [2.24, 2.45) is 5.92 Å². The molecule has 0 spiro atoms. The Balaban J connectivity index is 1.36. The van der Waals surface area contributed by atoms with Gasteiger partial charge in [0.1, 0.15) is 5.82 Å². The Morgan fingerprint density at radius 1 is 1.06 bits per heavy atom. The van der Waals surface area contributed by atoms with E-state index in [0.29, 0.717) is 5.92 Å². The van der Waals surface area contributed by atoms with Crippen molar-refractivity contribution in [3.05, 3.63) is 83.9 Å². The molecule has 1 aromatic heterocycles. The van der Waals surface area contributed by atoms with E-state index in [4.69, 9.17) is 4.74 Å². The zero-order valence-corrected chi connectivity index (χ0v) is 17.9. The minimum Gasteiger partial charge on any atom is -0.370 e. The number of nitrogens with one attached hydrogen (secondary N) is 1. The van der Waals surface area contributed by atoms with Crippen molar-refractivity contribution in [3.8, 4) is 5.69 Å². The molecule has 1 saturated carbocycles. The lowest BCUT2D eigenvalue weighted by molar-refractivity contribution is -0.113. The second-order valence-corrected chi connectivity index (χ2v) is 8.73. The molecule has 3 aromatic rings. The molecule has 5 nitrogen and oxygen atoms in total. The summed E-state index contributed by atoms with van der Waals surface area (Å²) in [5.74, 6) is 1.38. The van der Waals surface area contributed by atoms with E-state index >= 15 is 0 Å². The number of fused-ring (bicyclic) bond motifs is 1. The molecule has 1 amide bonds. The SMILES string of the molecule is Cc1nccn1-c1ccc([C@H]2C[C@@H](NC(=O)c3ccccc3)[C@@H]3CCCC[C@H]3O2)cc1. The number of carbonyl (C=O) groups is 1. The molecular formula is C26H29N3O2. The van der Waals surface area contributed by atoms with Crippen LogP contribution in [0.3, 0.4) is 0 Å². The number of ether oxygens (including phenoxy) is 1. The van der Waals surface area contributed by atoms with Crippen LogP contribution in [0.15, 0.2) is 67.0 Å². The Kier molecular flexibility index (Phi) is 5.60. The number of aryl methyl sites for hydroxylation is 1. The van der Waals surface area contributed by atoms with Gasteiger partial charge in [0.15, 0.2) is 0 Å². The predicted octanol–water partition coefficient (Wildman–Crippen LogP) is 5.00. The van der Waals surface area contributed by atoms with Crippen LogP contribution in [-0.4, -0.2) is 27.6 Å². The van der Waals surface area contributed by atoms with Gasteiger partial charge in [0, 0.05) is 35.6 Å². The third-order valence-electron chi connectivity index (χ3n) is 6.80. The highest BCUT2D eigenvalue weighted by Gasteiger charge is 2.41. The second-order valence-electron chi connectivity index (χ2n) is 8.73. The lowest BCUT2D eigenvalue weighted by atomic mass is 9.76. The van der Waals surface area contributed by atoms with Crippen LogP contribution in [0.25, 0.3) is 5.69 Å². The van der Waals surface area contributed by atoms with Crippen LogP contribution in [0.5, 0.6) is 0 Å². The topological polar surface area (TPSA) is 56.2 Å². The molecule has 2 aliphatic rings. The zero-order valence-electron chi connectivity index (χ0n) is 17.9. The first-order chi connectivity index (χ1) is 15.2. The fraction of sp³-hybridized carbons (Fsp3) is 0.385. The molecule has 1 aliphatic carbocycles. The van der Waals surface area contributed by atoms with Gasteiger partial charge in [-0.2, -0.15) is 0 Å². The van der Waals surface area contributed by atoms with E-state index in [1.165, 1.54) is 18.4 Å². The quantitative estimate of drug-likeness (QED) is 0.652. The molecule has 2 heterocycles. The molecule has 5 rings (SSSR count). The number of imidazole rings is 1. The fourth-order valence-electron chi connectivity index (χ4n) is 5.15. The zero-order chi connectivity index (χ0) is 21.2. The standard InChI is InChI=1S/C26H29N3O2/c1-18-27-15-16-29(18)21-13-11-19(12-14-21)25-17-23(22-9-5-6-10-24(22)31-25)28-26(30)20-7-3-2-4-8-20/h2-4,7-8,11-16,22-25H,5-6,9-10,17H2,1H3,(H,28,30)/t22-,23+,24+,25+/m0/s1. The summed E-state index contributed by atoms with van der Waals surface area (Å²) in [6, 6.07) is 18.2. The molecular weight excluding hydrogens is 386 g/mol. The van der Waals surface area contributed by atoms with Gasteiger partial charge in [-0.25, -0.2) is 4.98 Å². The average molecular weight is 416 g/mol. The van der Waals surface area contributed by atoms with E-state index in [9.17, 15) is 4.79 Å². The third-order valence-corrected chi connectivity index (χ3v) is 6.80. The number of aromatic nitrogens is 2. The Morgan fingerprint density at radius 3 is 2.58 bits per heavy atom. The summed E-state index contributed by atoms with van der Waals surface area (Å²) in [5.41, 5.74) is 2.99. The minimum absolute atomic E-state index is 0.00152. The van der Waals surface area contributed by atoms with Gasteiger partial charge >= 0.3 is 0 Å². The average Bonchev–Trinajstić information content (AvgIpc) is 3.25. The molecule has 160 valence electrons. The molecule has 1 aliphatic heterocycles. The summed E-state index contributed by atoms with van der Waals surface area (Å²) in [5, 5.41) is 3.34. The maximum absolute atomic E-state index is 12.9.